The minimum Gasteiger partial charge on any atom is -0.383 e. The maximum absolute atomic E-state index is 12.1. The molecule has 0 aliphatic heterocycles. The van der Waals surface area contributed by atoms with E-state index in [9.17, 15) is 9.59 Å². The molecule has 116 valence electrons. The number of methoxy groups -OCH3 is 1. The minimum atomic E-state index is -0.570. The van der Waals surface area contributed by atoms with E-state index in [1.54, 1.807) is 31.4 Å². The van der Waals surface area contributed by atoms with Crippen molar-refractivity contribution in [2.24, 2.45) is 5.73 Å². The van der Waals surface area contributed by atoms with Crippen molar-refractivity contribution in [2.75, 3.05) is 25.6 Å². The lowest BCUT2D eigenvalue weighted by atomic mass is 10.1. The van der Waals surface area contributed by atoms with Gasteiger partial charge < -0.3 is 21.1 Å². The second kappa shape index (κ2) is 9.10. The SMILES string of the molecule is CCC[C@H](N)C(=O)Nc1ccccc1C(=O)NCCOC. The Morgan fingerprint density at radius 3 is 2.71 bits per heavy atom. The van der Waals surface area contributed by atoms with Gasteiger partial charge >= 0.3 is 0 Å². The minimum absolute atomic E-state index is 0.257. The molecule has 0 saturated heterocycles. The van der Waals surface area contributed by atoms with Crippen molar-refractivity contribution in [3.63, 3.8) is 0 Å². The fourth-order valence-corrected chi connectivity index (χ4v) is 1.82. The summed E-state index contributed by atoms with van der Waals surface area (Å²) in [5, 5.41) is 5.43. The Hall–Kier alpha value is -1.92. The molecule has 1 atom stereocenters. The molecule has 1 aromatic rings. The van der Waals surface area contributed by atoms with Gasteiger partial charge in [-0.2, -0.15) is 0 Å². The summed E-state index contributed by atoms with van der Waals surface area (Å²) < 4.78 is 4.88. The van der Waals surface area contributed by atoms with Gasteiger partial charge in [0.05, 0.1) is 23.9 Å². The number of rotatable bonds is 8. The van der Waals surface area contributed by atoms with E-state index in [-0.39, 0.29) is 11.8 Å². The summed E-state index contributed by atoms with van der Waals surface area (Å²) in [6, 6.07) is 6.27. The van der Waals surface area contributed by atoms with Gasteiger partial charge in [0.2, 0.25) is 5.91 Å². The normalized spacial score (nSPS) is 11.8. The van der Waals surface area contributed by atoms with Crippen LogP contribution in [0.15, 0.2) is 24.3 Å². The zero-order valence-electron chi connectivity index (χ0n) is 12.5. The highest BCUT2D eigenvalue weighted by atomic mass is 16.5. The third kappa shape index (κ3) is 5.53. The number of hydrogen-bond acceptors (Lipinski definition) is 4. The monoisotopic (exact) mass is 293 g/mol. The summed E-state index contributed by atoms with van der Waals surface area (Å²) in [5.41, 5.74) is 6.64. The molecule has 0 spiro atoms. The molecule has 0 fully saturated rings. The number of carbonyl (C=O) groups is 2. The Balaban J connectivity index is 2.74. The summed E-state index contributed by atoms with van der Waals surface area (Å²) in [7, 11) is 1.56. The first kappa shape index (κ1) is 17.1. The predicted molar refractivity (Wildman–Crippen MR) is 82.2 cm³/mol. The Kier molecular flexibility index (Phi) is 7.42. The van der Waals surface area contributed by atoms with Crippen molar-refractivity contribution in [1.82, 2.24) is 5.32 Å². The smallest absolute Gasteiger partial charge is 0.253 e. The molecule has 0 saturated carbocycles. The average molecular weight is 293 g/mol. The zero-order chi connectivity index (χ0) is 15.7. The van der Waals surface area contributed by atoms with Crippen molar-refractivity contribution in [1.29, 1.82) is 0 Å². The molecular formula is C15H23N3O3. The number of hydrogen-bond donors (Lipinski definition) is 3. The van der Waals surface area contributed by atoms with Crippen LogP contribution >= 0.6 is 0 Å². The maximum atomic E-state index is 12.1. The van der Waals surface area contributed by atoms with E-state index in [0.717, 1.165) is 6.42 Å². The van der Waals surface area contributed by atoms with Crippen LogP contribution < -0.4 is 16.4 Å². The lowest BCUT2D eigenvalue weighted by Crippen LogP contribution is -2.36. The molecule has 21 heavy (non-hydrogen) atoms. The van der Waals surface area contributed by atoms with Crippen LogP contribution in [0.3, 0.4) is 0 Å². The van der Waals surface area contributed by atoms with Gasteiger partial charge in [-0.1, -0.05) is 25.5 Å². The quantitative estimate of drug-likeness (QED) is 0.626. The van der Waals surface area contributed by atoms with Crippen LogP contribution in [0.25, 0.3) is 0 Å². The number of para-hydroxylation sites is 1. The summed E-state index contributed by atoms with van der Waals surface area (Å²) in [6.45, 7) is 2.80. The first-order valence-electron chi connectivity index (χ1n) is 7.02. The van der Waals surface area contributed by atoms with Gasteiger partial charge in [-0.15, -0.1) is 0 Å². The lowest BCUT2D eigenvalue weighted by molar-refractivity contribution is -0.117. The predicted octanol–water partition coefficient (Wildman–Crippen LogP) is 1.13. The summed E-state index contributed by atoms with van der Waals surface area (Å²) >= 11 is 0. The van der Waals surface area contributed by atoms with Crippen LogP contribution in [0.5, 0.6) is 0 Å². The number of amides is 2. The highest BCUT2D eigenvalue weighted by Crippen LogP contribution is 2.15. The molecule has 6 nitrogen and oxygen atoms in total. The van der Waals surface area contributed by atoms with E-state index in [1.807, 2.05) is 6.92 Å². The van der Waals surface area contributed by atoms with E-state index >= 15 is 0 Å². The lowest BCUT2D eigenvalue weighted by Gasteiger charge is -2.14. The molecule has 0 radical (unpaired) electrons. The van der Waals surface area contributed by atoms with Crippen LogP contribution in [0.4, 0.5) is 5.69 Å². The number of carbonyl (C=O) groups excluding carboxylic acids is 2. The van der Waals surface area contributed by atoms with E-state index in [1.165, 1.54) is 0 Å². The van der Waals surface area contributed by atoms with Crippen molar-refractivity contribution in [3.05, 3.63) is 29.8 Å². The molecule has 1 rings (SSSR count). The highest BCUT2D eigenvalue weighted by molar-refractivity contribution is 6.04. The Morgan fingerprint density at radius 1 is 1.33 bits per heavy atom. The summed E-state index contributed by atoms with van der Waals surface area (Å²) in [6.07, 6.45) is 1.43. The maximum Gasteiger partial charge on any atom is 0.253 e. The van der Waals surface area contributed by atoms with E-state index in [0.29, 0.717) is 30.8 Å². The Morgan fingerprint density at radius 2 is 2.05 bits per heavy atom. The van der Waals surface area contributed by atoms with Gasteiger partial charge in [0.25, 0.3) is 5.91 Å². The largest absolute Gasteiger partial charge is 0.383 e. The Labute approximate surface area is 125 Å². The van der Waals surface area contributed by atoms with E-state index < -0.39 is 6.04 Å². The average Bonchev–Trinajstić information content (AvgIpc) is 2.48. The first-order chi connectivity index (χ1) is 10.1. The first-order valence-corrected chi connectivity index (χ1v) is 7.02. The number of benzene rings is 1. The van der Waals surface area contributed by atoms with Gasteiger partial charge in [-0.05, 0) is 18.6 Å². The summed E-state index contributed by atoms with van der Waals surface area (Å²) in [4.78, 5) is 24.0. The molecule has 0 bridgehead atoms. The molecule has 1 aromatic carbocycles. The number of nitrogens with two attached hydrogens (primary N) is 1. The fraction of sp³-hybridized carbons (Fsp3) is 0.467. The molecule has 6 heteroatoms. The molecule has 0 heterocycles. The summed E-state index contributed by atoms with van der Waals surface area (Å²) in [5.74, 6) is -0.541. The highest BCUT2D eigenvalue weighted by Gasteiger charge is 2.16. The molecule has 4 N–H and O–H groups in total. The van der Waals surface area contributed by atoms with Gasteiger partial charge in [-0.25, -0.2) is 0 Å². The number of ether oxygens (including phenoxy) is 1. The topological polar surface area (TPSA) is 93.5 Å². The van der Waals surface area contributed by atoms with Crippen LogP contribution in [-0.2, 0) is 9.53 Å². The number of anilines is 1. The van der Waals surface area contributed by atoms with Crippen molar-refractivity contribution >= 4 is 17.5 Å². The Bertz CT molecular complexity index is 477. The van der Waals surface area contributed by atoms with Crippen molar-refractivity contribution in [2.45, 2.75) is 25.8 Å². The van der Waals surface area contributed by atoms with Gasteiger partial charge in [0.1, 0.15) is 0 Å². The van der Waals surface area contributed by atoms with E-state index in [4.69, 9.17) is 10.5 Å². The third-order valence-electron chi connectivity index (χ3n) is 2.96. The van der Waals surface area contributed by atoms with Crippen molar-refractivity contribution in [3.8, 4) is 0 Å². The number of nitrogens with one attached hydrogen (secondary N) is 2. The van der Waals surface area contributed by atoms with Crippen LogP contribution in [0, 0.1) is 0 Å². The third-order valence-corrected chi connectivity index (χ3v) is 2.96. The molecule has 0 aromatic heterocycles. The van der Waals surface area contributed by atoms with Crippen LogP contribution in [0.1, 0.15) is 30.1 Å². The van der Waals surface area contributed by atoms with E-state index in [2.05, 4.69) is 10.6 Å². The molecule has 0 unspecified atom stereocenters. The van der Waals surface area contributed by atoms with Gasteiger partial charge in [0.15, 0.2) is 0 Å². The van der Waals surface area contributed by atoms with Crippen LogP contribution in [0.2, 0.25) is 0 Å². The molecular weight excluding hydrogens is 270 g/mol. The molecule has 0 aliphatic rings. The van der Waals surface area contributed by atoms with Crippen molar-refractivity contribution < 1.29 is 14.3 Å². The van der Waals surface area contributed by atoms with Gasteiger partial charge in [-0.3, -0.25) is 9.59 Å². The molecule has 0 aliphatic carbocycles. The second-order valence-electron chi connectivity index (χ2n) is 4.68. The molecule has 2 amide bonds. The van der Waals surface area contributed by atoms with Gasteiger partial charge in [0, 0.05) is 13.7 Å². The van der Waals surface area contributed by atoms with Crippen LogP contribution in [-0.4, -0.2) is 38.1 Å². The fourth-order valence-electron chi connectivity index (χ4n) is 1.82. The standard InChI is InChI=1S/C15H23N3O3/c1-3-6-12(16)15(20)18-13-8-5-4-7-11(13)14(19)17-9-10-21-2/h4-5,7-8,12H,3,6,9-10,16H2,1-2H3,(H,17,19)(H,18,20)/t12-/m0/s1. The second-order valence-corrected chi connectivity index (χ2v) is 4.68. The zero-order valence-corrected chi connectivity index (χ0v) is 12.5.